The van der Waals surface area contributed by atoms with Gasteiger partial charge in [0.05, 0.1) is 11.5 Å². The normalized spacial score (nSPS) is 13.3. The van der Waals surface area contributed by atoms with Gasteiger partial charge in [-0.25, -0.2) is 13.1 Å². The summed E-state index contributed by atoms with van der Waals surface area (Å²) >= 11 is 0. The lowest BCUT2D eigenvalue weighted by Crippen LogP contribution is -2.28. The van der Waals surface area contributed by atoms with Crippen LogP contribution < -0.4 is 23.7 Å². The molecule has 0 unspecified atom stereocenters. The summed E-state index contributed by atoms with van der Waals surface area (Å²) in [5, 5.41) is 0. The van der Waals surface area contributed by atoms with Gasteiger partial charge in [0.25, 0.3) is 0 Å². The second-order valence-electron chi connectivity index (χ2n) is 5.46. The SMILES string of the molecule is CCOc1cccc(OCCNS(=O)(=O)c2ccc3c(c2)OCCO3)c1. The fourth-order valence-corrected chi connectivity index (χ4v) is 3.47. The van der Waals surface area contributed by atoms with E-state index in [-0.39, 0.29) is 18.0 Å². The Hall–Kier alpha value is -2.45. The van der Waals surface area contributed by atoms with Crippen LogP contribution in [-0.4, -0.2) is 41.4 Å². The molecule has 0 saturated heterocycles. The number of rotatable bonds is 8. The molecule has 2 aromatic carbocycles. The lowest BCUT2D eigenvalue weighted by molar-refractivity contribution is 0.171. The van der Waals surface area contributed by atoms with Crippen molar-refractivity contribution in [3.63, 3.8) is 0 Å². The molecule has 1 aliphatic heterocycles. The van der Waals surface area contributed by atoms with Gasteiger partial charge in [-0.2, -0.15) is 0 Å². The minimum atomic E-state index is -3.66. The Morgan fingerprint density at radius 1 is 1.00 bits per heavy atom. The van der Waals surface area contributed by atoms with Crippen molar-refractivity contribution in [2.75, 3.05) is 33.0 Å². The number of ether oxygens (including phenoxy) is 4. The Morgan fingerprint density at radius 2 is 1.73 bits per heavy atom. The summed E-state index contributed by atoms with van der Waals surface area (Å²) in [7, 11) is -3.66. The highest BCUT2D eigenvalue weighted by Gasteiger charge is 2.19. The molecule has 0 saturated carbocycles. The van der Waals surface area contributed by atoms with E-state index in [1.807, 2.05) is 19.1 Å². The molecular formula is C18H21NO6S. The molecule has 0 spiro atoms. The van der Waals surface area contributed by atoms with Crippen molar-refractivity contribution in [1.29, 1.82) is 0 Å². The van der Waals surface area contributed by atoms with Gasteiger partial charge in [-0.05, 0) is 31.2 Å². The summed E-state index contributed by atoms with van der Waals surface area (Å²) in [4.78, 5) is 0.125. The summed E-state index contributed by atoms with van der Waals surface area (Å²) in [6, 6.07) is 11.8. The third-order valence-electron chi connectivity index (χ3n) is 3.60. The molecule has 0 aliphatic carbocycles. The van der Waals surface area contributed by atoms with E-state index in [4.69, 9.17) is 18.9 Å². The van der Waals surface area contributed by atoms with E-state index in [9.17, 15) is 8.42 Å². The maximum atomic E-state index is 12.4. The van der Waals surface area contributed by atoms with Crippen molar-refractivity contribution in [1.82, 2.24) is 4.72 Å². The van der Waals surface area contributed by atoms with Crippen LogP contribution in [0.1, 0.15) is 6.92 Å². The first-order valence-corrected chi connectivity index (χ1v) is 9.82. The zero-order valence-electron chi connectivity index (χ0n) is 14.4. The average Bonchev–Trinajstić information content (AvgIpc) is 2.65. The molecule has 140 valence electrons. The van der Waals surface area contributed by atoms with Gasteiger partial charge in [0, 0.05) is 18.7 Å². The second-order valence-corrected chi connectivity index (χ2v) is 7.23. The lowest BCUT2D eigenvalue weighted by Gasteiger charge is -2.19. The Bertz CT molecular complexity index is 853. The number of sulfonamides is 1. The van der Waals surface area contributed by atoms with Crippen molar-refractivity contribution in [3.05, 3.63) is 42.5 Å². The average molecular weight is 379 g/mol. The molecule has 0 amide bonds. The molecule has 7 nitrogen and oxygen atoms in total. The van der Waals surface area contributed by atoms with E-state index in [0.717, 1.165) is 0 Å². The van der Waals surface area contributed by atoms with E-state index in [0.29, 0.717) is 42.8 Å². The first-order valence-electron chi connectivity index (χ1n) is 8.33. The fraction of sp³-hybridized carbons (Fsp3) is 0.333. The summed E-state index contributed by atoms with van der Waals surface area (Å²) in [5.41, 5.74) is 0. The minimum Gasteiger partial charge on any atom is -0.494 e. The summed E-state index contributed by atoms with van der Waals surface area (Å²) < 4.78 is 49.1. The van der Waals surface area contributed by atoms with Gasteiger partial charge in [0.15, 0.2) is 11.5 Å². The molecule has 8 heteroatoms. The highest BCUT2D eigenvalue weighted by Crippen LogP contribution is 2.32. The number of fused-ring (bicyclic) bond motifs is 1. The third kappa shape index (κ3) is 4.59. The van der Waals surface area contributed by atoms with Gasteiger partial charge < -0.3 is 18.9 Å². The maximum absolute atomic E-state index is 12.4. The first-order chi connectivity index (χ1) is 12.6. The number of hydrogen-bond donors (Lipinski definition) is 1. The molecule has 0 radical (unpaired) electrons. The van der Waals surface area contributed by atoms with Gasteiger partial charge in [-0.3, -0.25) is 0 Å². The standard InChI is InChI=1S/C18H21NO6S/c1-2-22-14-4-3-5-15(12-14)23-9-8-19-26(20,21)16-6-7-17-18(13-16)25-11-10-24-17/h3-7,12-13,19H,2,8-11H2,1H3. The fourth-order valence-electron chi connectivity index (χ4n) is 2.44. The molecular weight excluding hydrogens is 358 g/mol. The molecule has 0 fully saturated rings. The minimum absolute atomic E-state index is 0.125. The van der Waals surface area contributed by atoms with E-state index in [2.05, 4.69) is 4.72 Å². The van der Waals surface area contributed by atoms with E-state index in [1.165, 1.54) is 12.1 Å². The van der Waals surface area contributed by atoms with Gasteiger partial charge >= 0.3 is 0 Å². The third-order valence-corrected chi connectivity index (χ3v) is 5.06. The summed E-state index contributed by atoms with van der Waals surface area (Å²) in [6.45, 7) is 3.66. The zero-order chi connectivity index (χ0) is 18.4. The van der Waals surface area contributed by atoms with Crippen LogP contribution >= 0.6 is 0 Å². The van der Waals surface area contributed by atoms with Gasteiger partial charge in [0.2, 0.25) is 10.0 Å². The van der Waals surface area contributed by atoms with Crippen LogP contribution in [0.3, 0.4) is 0 Å². The van der Waals surface area contributed by atoms with Crippen LogP contribution in [-0.2, 0) is 10.0 Å². The molecule has 3 rings (SSSR count). The Balaban J connectivity index is 1.54. The van der Waals surface area contributed by atoms with E-state index >= 15 is 0 Å². The molecule has 0 aromatic heterocycles. The Morgan fingerprint density at radius 3 is 2.50 bits per heavy atom. The Labute approximate surface area is 152 Å². The highest BCUT2D eigenvalue weighted by molar-refractivity contribution is 7.89. The predicted octanol–water partition coefficient (Wildman–Crippen LogP) is 2.21. The summed E-state index contributed by atoms with van der Waals surface area (Å²) in [5.74, 6) is 2.31. The van der Waals surface area contributed by atoms with Crippen LogP contribution in [0, 0.1) is 0 Å². The van der Waals surface area contributed by atoms with Crippen LogP contribution in [0.4, 0.5) is 0 Å². The molecule has 0 atom stereocenters. The molecule has 26 heavy (non-hydrogen) atoms. The number of nitrogens with one attached hydrogen (secondary N) is 1. The van der Waals surface area contributed by atoms with Crippen LogP contribution in [0.25, 0.3) is 0 Å². The number of hydrogen-bond acceptors (Lipinski definition) is 6. The van der Waals surface area contributed by atoms with E-state index < -0.39 is 10.0 Å². The van der Waals surface area contributed by atoms with Crippen molar-refractivity contribution < 1.29 is 27.4 Å². The van der Waals surface area contributed by atoms with Crippen molar-refractivity contribution in [2.24, 2.45) is 0 Å². The first kappa shape index (κ1) is 18.3. The maximum Gasteiger partial charge on any atom is 0.240 e. The van der Waals surface area contributed by atoms with Gasteiger partial charge in [0.1, 0.15) is 31.3 Å². The van der Waals surface area contributed by atoms with Crippen molar-refractivity contribution >= 4 is 10.0 Å². The van der Waals surface area contributed by atoms with Gasteiger partial charge in [-0.1, -0.05) is 6.07 Å². The summed E-state index contributed by atoms with van der Waals surface area (Å²) in [6.07, 6.45) is 0. The van der Waals surface area contributed by atoms with Crippen LogP contribution in [0.15, 0.2) is 47.4 Å². The largest absolute Gasteiger partial charge is 0.494 e. The highest BCUT2D eigenvalue weighted by atomic mass is 32.2. The van der Waals surface area contributed by atoms with Crippen molar-refractivity contribution in [2.45, 2.75) is 11.8 Å². The van der Waals surface area contributed by atoms with Crippen molar-refractivity contribution in [3.8, 4) is 23.0 Å². The second kappa shape index (κ2) is 8.29. The van der Waals surface area contributed by atoms with E-state index in [1.54, 1.807) is 18.2 Å². The molecule has 2 aromatic rings. The molecule has 1 aliphatic rings. The van der Waals surface area contributed by atoms with Gasteiger partial charge in [-0.15, -0.1) is 0 Å². The zero-order valence-corrected chi connectivity index (χ0v) is 15.3. The predicted molar refractivity (Wildman–Crippen MR) is 95.7 cm³/mol. The molecule has 0 bridgehead atoms. The van der Waals surface area contributed by atoms with Crippen LogP contribution in [0.2, 0.25) is 0 Å². The molecule has 1 N–H and O–H groups in total. The molecule has 1 heterocycles. The topological polar surface area (TPSA) is 83.1 Å². The van der Waals surface area contributed by atoms with Crippen LogP contribution in [0.5, 0.6) is 23.0 Å². The Kier molecular flexibility index (Phi) is 5.85. The lowest BCUT2D eigenvalue weighted by atomic mass is 10.3. The number of benzene rings is 2. The quantitative estimate of drug-likeness (QED) is 0.708. The monoisotopic (exact) mass is 379 g/mol. The smallest absolute Gasteiger partial charge is 0.240 e.